The summed E-state index contributed by atoms with van der Waals surface area (Å²) < 4.78 is 50.4. The lowest BCUT2D eigenvalue weighted by atomic mass is 10.1. The second-order valence-electron chi connectivity index (χ2n) is 5.98. The molecular weight excluding hydrogens is 383 g/mol. The second kappa shape index (κ2) is 8.68. The number of hydrogen-bond acceptors (Lipinski definition) is 4. The highest BCUT2D eigenvalue weighted by molar-refractivity contribution is 5.87. The van der Waals surface area contributed by atoms with Gasteiger partial charge in [-0.15, -0.1) is 0 Å². The van der Waals surface area contributed by atoms with E-state index >= 15 is 0 Å². The summed E-state index contributed by atoms with van der Waals surface area (Å²) in [5, 5.41) is 10.3. The Morgan fingerprint density at radius 1 is 0.966 bits per heavy atom. The summed E-state index contributed by atoms with van der Waals surface area (Å²) in [6.07, 6.45) is -3.25. The SMILES string of the molecule is CCOc1cccc(C=Nc2cc(C(F)(F)F)ccc2Oc2ccccc2)c1O. The standard InChI is InChI=1S/C22H18F3NO3/c1-2-28-20-10-6-7-15(21(20)27)14-26-18-13-16(22(23,24)25)11-12-19(18)29-17-8-4-3-5-9-17/h3-14,27H,2H2,1H3. The molecule has 0 spiro atoms. The average Bonchev–Trinajstić information content (AvgIpc) is 2.69. The minimum Gasteiger partial charge on any atom is -0.504 e. The van der Waals surface area contributed by atoms with Crippen molar-refractivity contribution in [1.82, 2.24) is 0 Å². The monoisotopic (exact) mass is 401 g/mol. The molecule has 4 nitrogen and oxygen atoms in total. The molecule has 1 N–H and O–H groups in total. The molecule has 0 saturated heterocycles. The highest BCUT2D eigenvalue weighted by Crippen LogP contribution is 2.38. The molecule has 29 heavy (non-hydrogen) atoms. The van der Waals surface area contributed by atoms with Crippen LogP contribution in [0.15, 0.2) is 71.7 Å². The van der Waals surface area contributed by atoms with Crippen LogP contribution in [0.25, 0.3) is 0 Å². The van der Waals surface area contributed by atoms with Crippen molar-refractivity contribution in [3.63, 3.8) is 0 Å². The van der Waals surface area contributed by atoms with Crippen molar-refractivity contribution >= 4 is 11.9 Å². The van der Waals surface area contributed by atoms with Crippen LogP contribution in [-0.4, -0.2) is 17.9 Å². The van der Waals surface area contributed by atoms with Crippen LogP contribution in [0.2, 0.25) is 0 Å². The van der Waals surface area contributed by atoms with E-state index in [2.05, 4.69) is 4.99 Å². The smallest absolute Gasteiger partial charge is 0.416 e. The van der Waals surface area contributed by atoms with Gasteiger partial charge in [0.2, 0.25) is 0 Å². The van der Waals surface area contributed by atoms with Crippen molar-refractivity contribution in [3.05, 3.63) is 77.9 Å². The summed E-state index contributed by atoms with van der Waals surface area (Å²) >= 11 is 0. The number of aliphatic imine (C=N–C) groups is 1. The maximum Gasteiger partial charge on any atom is 0.416 e. The van der Waals surface area contributed by atoms with Gasteiger partial charge in [0, 0.05) is 11.8 Å². The predicted octanol–water partition coefficient (Wildman–Crippen LogP) is 6.35. The molecular formula is C22H18F3NO3. The zero-order valence-electron chi connectivity index (χ0n) is 15.5. The number of halogens is 3. The van der Waals surface area contributed by atoms with E-state index < -0.39 is 11.7 Å². The topological polar surface area (TPSA) is 51.0 Å². The van der Waals surface area contributed by atoms with Crippen LogP contribution in [-0.2, 0) is 6.18 Å². The number of aromatic hydroxyl groups is 1. The summed E-state index contributed by atoms with van der Waals surface area (Å²) in [6, 6.07) is 16.5. The molecule has 3 rings (SSSR count). The van der Waals surface area contributed by atoms with Gasteiger partial charge >= 0.3 is 6.18 Å². The van der Waals surface area contributed by atoms with Gasteiger partial charge in [0.1, 0.15) is 11.4 Å². The van der Waals surface area contributed by atoms with E-state index in [-0.39, 0.29) is 22.9 Å². The highest BCUT2D eigenvalue weighted by atomic mass is 19.4. The van der Waals surface area contributed by atoms with Crippen molar-refractivity contribution in [2.75, 3.05) is 6.61 Å². The minimum atomic E-state index is -4.52. The molecule has 0 aliphatic heterocycles. The van der Waals surface area contributed by atoms with E-state index in [4.69, 9.17) is 9.47 Å². The Labute approximate surface area is 165 Å². The molecule has 0 bridgehead atoms. The van der Waals surface area contributed by atoms with Crippen LogP contribution >= 0.6 is 0 Å². The van der Waals surface area contributed by atoms with Gasteiger partial charge < -0.3 is 14.6 Å². The quantitative estimate of drug-likeness (QED) is 0.490. The molecule has 0 fully saturated rings. The van der Waals surface area contributed by atoms with Crippen LogP contribution in [0, 0.1) is 0 Å². The number of alkyl halides is 3. The highest BCUT2D eigenvalue weighted by Gasteiger charge is 2.31. The maximum atomic E-state index is 13.1. The molecule has 3 aromatic carbocycles. The van der Waals surface area contributed by atoms with E-state index in [0.717, 1.165) is 12.1 Å². The molecule has 0 unspecified atom stereocenters. The Kier molecular flexibility index (Phi) is 6.07. The average molecular weight is 401 g/mol. The number of ether oxygens (including phenoxy) is 2. The third-order valence-corrected chi connectivity index (χ3v) is 3.93. The van der Waals surface area contributed by atoms with Crippen molar-refractivity contribution < 1.29 is 27.8 Å². The predicted molar refractivity (Wildman–Crippen MR) is 104 cm³/mol. The van der Waals surface area contributed by atoms with Crippen molar-refractivity contribution in [2.24, 2.45) is 4.99 Å². The number of rotatable bonds is 6. The minimum absolute atomic E-state index is 0.0232. The van der Waals surface area contributed by atoms with Gasteiger partial charge in [-0.1, -0.05) is 24.3 Å². The van der Waals surface area contributed by atoms with Crippen LogP contribution < -0.4 is 9.47 Å². The Balaban J connectivity index is 1.99. The molecule has 150 valence electrons. The third-order valence-electron chi connectivity index (χ3n) is 3.93. The lowest BCUT2D eigenvalue weighted by molar-refractivity contribution is -0.137. The van der Waals surface area contributed by atoms with Gasteiger partial charge in [0.25, 0.3) is 0 Å². The summed E-state index contributed by atoms with van der Waals surface area (Å²) in [6.45, 7) is 2.13. The maximum absolute atomic E-state index is 13.1. The lowest BCUT2D eigenvalue weighted by Crippen LogP contribution is -2.04. The van der Waals surface area contributed by atoms with Gasteiger partial charge in [-0.25, -0.2) is 0 Å². The zero-order valence-corrected chi connectivity index (χ0v) is 15.5. The first-order valence-electron chi connectivity index (χ1n) is 8.81. The first-order valence-corrected chi connectivity index (χ1v) is 8.81. The van der Waals surface area contributed by atoms with Gasteiger partial charge in [0.05, 0.1) is 12.2 Å². The summed E-state index contributed by atoms with van der Waals surface area (Å²) in [5.74, 6) is 0.739. The molecule has 7 heteroatoms. The number of hydrogen-bond donors (Lipinski definition) is 1. The Hall–Kier alpha value is -3.48. The fourth-order valence-electron chi connectivity index (χ4n) is 2.55. The molecule has 0 heterocycles. The molecule has 3 aromatic rings. The second-order valence-corrected chi connectivity index (χ2v) is 5.98. The van der Waals surface area contributed by atoms with E-state index in [0.29, 0.717) is 17.9 Å². The first-order chi connectivity index (χ1) is 13.9. The Morgan fingerprint density at radius 3 is 2.41 bits per heavy atom. The van der Waals surface area contributed by atoms with Crippen LogP contribution in [0.1, 0.15) is 18.1 Å². The molecule has 0 aliphatic rings. The van der Waals surface area contributed by atoms with Crippen LogP contribution in [0.3, 0.4) is 0 Å². The Morgan fingerprint density at radius 2 is 1.72 bits per heavy atom. The van der Waals surface area contributed by atoms with Gasteiger partial charge in [0.15, 0.2) is 17.2 Å². The zero-order chi connectivity index (χ0) is 20.9. The molecule has 0 saturated carbocycles. The summed E-state index contributed by atoms with van der Waals surface area (Å²) in [7, 11) is 0. The van der Waals surface area contributed by atoms with Crippen molar-refractivity contribution in [3.8, 4) is 23.0 Å². The van der Waals surface area contributed by atoms with E-state index in [9.17, 15) is 18.3 Å². The van der Waals surface area contributed by atoms with E-state index in [1.807, 2.05) is 0 Å². The lowest BCUT2D eigenvalue weighted by Gasteiger charge is -2.12. The largest absolute Gasteiger partial charge is 0.504 e. The van der Waals surface area contributed by atoms with Crippen LogP contribution in [0.5, 0.6) is 23.0 Å². The summed E-state index contributed by atoms with van der Waals surface area (Å²) in [4.78, 5) is 4.14. The van der Waals surface area contributed by atoms with E-state index in [1.54, 1.807) is 55.5 Å². The number of phenolic OH excluding ortho intramolecular Hbond substituents is 1. The fourth-order valence-corrected chi connectivity index (χ4v) is 2.55. The third kappa shape index (κ3) is 5.07. The number of phenols is 1. The normalized spacial score (nSPS) is 11.6. The molecule has 0 aromatic heterocycles. The number of para-hydroxylation sites is 2. The summed E-state index contributed by atoms with van der Waals surface area (Å²) in [5.41, 5.74) is -0.568. The van der Waals surface area contributed by atoms with Crippen molar-refractivity contribution in [2.45, 2.75) is 13.1 Å². The molecule has 0 atom stereocenters. The fraction of sp³-hybridized carbons (Fsp3) is 0.136. The molecule has 0 aliphatic carbocycles. The number of benzene rings is 3. The van der Waals surface area contributed by atoms with E-state index in [1.165, 1.54) is 12.3 Å². The first kappa shape index (κ1) is 20.3. The van der Waals surface area contributed by atoms with Gasteiger partial charge in [-0.05, 0) is 49.4 Å². The molecule has 0 radical (unpaired) electrons. The van der Waals surface area contributed by atoms with Crippen LogP contribution in [0.4, 0.5) is 18.9 Å². The number of nitrogens with zero attached hydrogens (tertiary/aromatic N) is 1. The van der Waals surface area contributed by atoms with Crippen molar-refractivity contribution in [1.29, 1.82) is 0 Å². The van der Waals surface area contributed by atoms with Gasteiger partial charge in [-0.3, -0.25) is 4.99 Å². The van der Waals surface area contributed by atoms with Gasteiger partial charge in [-0.2, -0.15) is 13.2 Å². The Bertz CT molecular complexity index is 1000. The molecule has 0 amide bonds.